The summed E-state index contributed by atoms with van der Waals surface area (Å²) in [4.78, 5) is 15.9. The van der Waals surface area contributed by atoms with Gasteiger partial charge in [0, 0.05) is 30.7 Å². The van der Waals surface area contributed by atoms with Crippen molar-refractivity contribution in [1.82, 2.24) is 10.3 Å². The lowest BCUT2D eigenvalue weighted by atomic mass is 10.3. The normalized spacial score (nSPS) is 11.0. The molecular weight excluding hydrogens is 397 g/mol. The van der Waals surface area contributed by atoms with Crippen molar-refractivity contribution in [3.8, 4) is 5.75 Å². The zero-order valence-corrected chi connectivity index (χ0v) is 16.2. The van der Waals surface area contributed by atoms with Crippen molar-refractivity contribution < 1.29 is 22.3 Å². The quantitative estimate of drug-likeness (QED) is 0.602. The Morgan fingerprint density at radius 1 is 1.10 bits per heavy atom. The van der Waals surface area contributed by atoms with Crippen LogP contribution in [0.2, 0.25) is 0 Å². The molecule has 0 unspecified atom stereocenters. The molecule has 3 rings (SSSR count). The molecule has 7 nitrogen and oxygen atoms in total. The summed E-state index contributed by atoms with van der Waals surface area (Å²) in [7, 11) is -2.60. The maximum absolute atomic E-state index is 13.5. The molecule has 0 saturated heterocycles. The fourth-order valence-electron chi connectivity index (χ4n) is 2.52. The van der Waals surface area contributed by atoms with Crippen molar-refractivity contribution in [3.05, 3.63) is 78.4 Å². The Bertz CT molecular complexity index is 1100. The highest BCUT2D eigenvalue weighted by atomic mass is 32.2. The van der Waals surface area contributed by atoms with Crippen LogP contribution in [0.5, 0.6) is 5.75 Å². The van der Waals surface area contributed by atoms with Crippen molar-refractivity contribution in [2.75, 3.05) is 12.4 Å². The Hall–Kier alpha value is -3.46. The number of nitrogens with zero attached hydrogens (tertiary/aromatic N) is 1. The third kappa shape index (κ3) is 4.88. The van der Waals surface area contributed by atoms with Crippen LogP contribution in [0.3, 0.4) is 0 Å². The molecule has 1 heterocycles. The molecule has 29 heavy (non-hydrogen) atoms. The third-order valence-corrected chi connectivity index (χ3v) is 5.80. The maximum Gasteiger partial charge on any atom is 0.319 e. The fraction of sp³-hybridized carbons (Fsp3) is 0.100. The average molecular weight is 415 g/mol. The molecule has 0 aliphatic rings. The predicted octanol–water partition coefficient (Wildman–Crippen LogP) is 3.38. The van der Waals surface area contributed by atoms with Crippen LogP contribution in [0.4, 0.5) is 14.9 Å². The summed E-state index contributed by atoms with van der Waals surface area (Å²) >= 11 is 0. The summed E-state index contributed by atoms with van der Waals surface area (Å²) in [6.45, 7) is 0.304. The standard InChI is InChI=1S/C20H18FN3O4S/c1-28-19-11-17(8-9-18(19)21)29(26,27)16-6-4-15(5-7-16)24-20(25)23-13-14-3-2-10-22-12-14/h2-12H,13H2,1H3,(H2,23,24,25). The number of ether oxygens (including phenoxy) is 1. The first-order valence-electron chi connectivity index (χ1n) is 8.52. The van der Waals surface area contributed by atoms with Crippen molar-refractivity contribution in [2.24, 2.45) is 0 Å². The molecule has 2 aromatic carbocycles. The van der Waals surface area contributed by atoms with Gasteiger partial charge in [0.05, 0.1) is 16.9 Å². The molecule has 0 fully saturated rings. The molecule has 1 aromatic heterocycles. The number of sulfone groups is 1. The second-order valence-electron chi connectivity index (χ2n) is 5.99. The van der Waals surface area contributed by atoms with Gasteiger partial charge in [-0.25, -0.2) is 17.6 Å². The third-order valence-electron chi connectivity index (χ3n) is 4.03. The van der Waals surface area contributed by atoms with Crippen LogP contribution in [-0.4, -0.2) is 26.5 Å². The molecule has 0 radical (unpaired) electrons. The predicted molar refractivity (Wildman–Crippen MR) is 105 cm³/mol. The molecule has 0 spiro atoms. The van der Waals surface area contributed by atoms with E-state index in [1.165, 1.54) is 37.4 Å². The van der Waals surface area contributed by atoms with Crippen LogP contribution >= 0.6 is 0 Å². The Kier molecular flexibility index (Phi) is 6.08. The van der Waals surface area contributed by atoms with Crippen LogP contribution in [0.15, 0.2) is 76.8 Å². The number of pyridine rings is 1. The van der Waals surface area contributed by atoms with Crippen LogP contribution in [0.25, 0.3) is 0 Å². The van der Waals surface area contributed by atoms with Gasteiger partial charge in [0.15, 0.2) is 11.6 Å². The highest BCUT2D eigenvalue weighted by molar-refractivity contribution is 7.91. The molecule has 0 aliphatic heterocycles. The second kappa shape index (κ2) is 8.70. The van der Waals surface area contributed by atoms with Crippen LogP contribution < -0.4 is 15.4 Å². The minimum absolute atomic E-state index is 0.00693. The number of carbonyl (C=O) groups is 1. The molecule has 3 aromatic rings. The number of nitrogens with one attached hydrogen (secondary N) is 2. The van der Waals surface area contributed by atoms with Gasteiger partial charge in [0.25, 0.3) is 0 Å². The van der Waals surface area contributed by atoms with E-state index < -0.39 is 21.7 Å². The minimum atomic E-state index is -3.86. The van der Waals surface area contributed by atoms with E-state index in [9.17, 15) is 17.6 Å². The number of rotatable bonds is 6. The second-order valence-corrected chi connectivity index (χ2v) is 7.94. The van der Waals surface area contributed by atoms with Gasteiger partial charge < -0.3 is 15.4 Å². The molecule has 0 aliphatic carbocycles. The van der Waals surface area contributed by atoms with E-state index in [0.717, 1.165) is 17.7 Å². The van der Waals surface area contributed by atoms with Gasteiger partial charge in [-0.2, -0.15) is 0 Å². The monoisotopic (exact) mass is 415 g/mol. The molecule has 9 heteroatoms. The largest absolute Gasteiger partial charge is 0.494 e. The maximum atomic E-state index is 13.5. The number of anilines is 1. The summed E-state index contributed by atoms with van der Waals surface area (Å²) in [6.07, 6.45) is 3.28. The van der Waals surface area contributed by atoms with Crippen molar-refractivity contribution in [3.63, 3.8) is 0 Å². The Morgan fingerprint density at radius 2 is 1.83 bits per heavy atom. The van der Waals surface area contributed by atoms with Crippen molar-refractivity contribution in [2.45, 2.75) is 16.3 Å². The number of aromatic nitrogens is 1. The lowest BCUT2D eigenvalue weighted by molar-refractivity contribution is 0.251. The average Bonchev–Trinajstić information content (AvgIpc) is 2.73. The number of benzene rings is 2. The number of hydrogen-bond acceptors (Lipinski definition) is 5. The van der Waals surface area contributed by atoms with E-state index in [1.54, 1.807) is 18.5 Å². The summed E-state index contributed by atoms with van der Waals surface area (Å²) in [5.74, 6) is -0.807. The first-order chi connectivity index (χ1) is 13.9. The Morgan fingerprint density at radius 3 is 2.48 bits per heavy atom. The zero-order valence-electron chi connectivity index (χ0n) is 15.4. The number of halogens is 1. The Balaban J connectivity index is 1.68. The van der Waals surface area contributed by atoms with Gasteiger partial charge >= 0.3 is 6.03 Å². The van der Waals surface area contributed by atoms with E-state index in [0.29, 0.717) is 12.2 Å². The lowest BCUT2D eigenvalue weighted by Crippen LogP contribution is -2.28. The smallest absolute Gasteiger partial charge is 0.319 e. The molecule has 150 valence electrons. The summed E-state index contributed by atoms with van der Waals surface area (Å²) in [6, 6.07) is 12.2. The van der Waals surface area contributed by atoms with Gasteiger partial charge in [-0.1, -0.05) is 6.07 Å². The molecule has 2 amide bonds. The van der Waals surface area contributed by atoms with Gasteiger partial charge in [-0.15, -0.1) is 0 Å². The lowest BCUT2D eigenvalue weighted by Gasteiger charge is -2.10. The molecule has 0 saturated carbocycles. The number of methoxy groups -OCH3 is 1. The molecule has 2 N–H and O–H groups in total. The van der Waals surface area contributed by atoms with Crippen LogP contribution in [-0.2, 0) is 16.4 Å². The summed E-state index contributed by atoms with van der Waals surface area (Å²) in [5, 5.41) is 5.30. The molecular formula is C20H18FN3O4S. The molecule has 0 bridgehead atoms. The van der Waals surface area contributed by atoms with Gasteiger partial charge in [0.1, 0.15) is 0 Å². The SMILES string of the molecule is COc1cc(S(=O)(=O)c2ccc(NC(=O)NCc3cccnc3)cc2)ccc1F. The van der Waals surface area contributed by atoms with E-state index in [-0.39, 0.29) is 15.5 Å². The van der Waals surface area contributed by atoms with Gasteiger partial charge in [0.2, 0.25) is 9.84 Å². The highest BCUT2D eigenvalue weighted by Crippen LogP contribution is 2.27. The van der Waals surface area contributed by atoms with E-state index >= 15 is 0 Å². The van der Waals surface area contributed by atoms with E-state index in [2.05, 4.69) is 15.6 Å². The molecule has 0 atom stereocenters. The number of amides is 2. The summed E-state index contributed by atoms with van der Waals surface area (Å²) in [5.41, 5.74) is 1.27. The topological polar surface area (TPSA) is 97.4 Å². The number of hydrogen-bond donors (Lipinski definition) is 2. The van der Waals surface area contributed by atoms with E-state index in [1.807, 2.05) is 6.07 Å². The minimum Gasteiger partial charge on any atom is -0.494 e. The van der Waals surface area contributed by atoms with Gasteiger partial charge in [-0.3, -0.25) is 4.98 Å². The van der Waals surface area contributed by atoms with Gasteiger partial charge in [-0.05, 0) is 48.0 Å². The Labute approximate surface area is 167 Å². The number of urea groups is 1. The van der Waals surface area contributed by atoms with E-state index in [4.69, 9.17) is 4.74 Å². The zero-order chi connectivity index (χ0) is 20.9. The number of carbonyl (C=O) groups excluding carboxylic acids is 1. The highest BCUT2D eigenvalue weighted by Gasteiger charge is 2.19. The first-order valence-corrected chi connectivity index (χ1v) is 10.0. The first kappa shape index (κ1) is 20.3. The fourth-order valence-corrected chi connectivity index (χ4v) is 3.80. The van der Waals surface area contributed by atoms with Crippen LogP contribution in [0, 0.1) is 5.82 Å². The van der Waals surface area contributed by atoms with Crippen molar-refractivity contribution in [1.29, 1.82) is 0 Å². The summed E-state index contributed by atoms with van der Waals surface area (Å²) < 4.78 is 43.8. The van der Waals surface area contributed by atoms with Crippen molar-refractivity contribution >= 4 is 21.6 Å². The van der Waals surface area contributed by atoms with Crippen LogP contribution in [0.1, 0.15) is 5.56 Å².